The summed E-state index contributed by atoms with van der Waals surface area (Å²) in [6, 6.07) is 0. The van der Waals surface area contributed by atoms with Gasteiger partial charge < -0.3 is 24.6 Å². The highest BCUT2D eigenvalue weighted by molar-refractivity contribution is 7.81. The van der Waals surface area contributed by atoms with Crippen LogP contribution in [-0.4, -0.2) is 65.3 Å². The zero-order valence-corrected chi connectivity index (χ0v) is 27.0. The van der Waals surface area contributed by atoms with E-state index in [9.17, 15) is 19.5 Å². The van der Waals surface area contributed by atoms with Gasteiger partial charge in [0, 0.05) is 36.5 Å². The van der Waals surface area contributed by atoms with Gasteiger partial charge in [-0.3, -0.25) is 14.4 Å². The van der Waals surface area contributed by atoms with Crippen molar-refractivity contribution in [1.29, 1.82) is 0 Å². The molecule has 0 bridgehead atoms. The molecule has 0 radical (unpaired) electrons. The lowest BCUT2D eigenvalue weighted by Gasteiger charge is -2.32. The Morgan fingerprint density at radius 3 is 2.10 bits per heavy atom. The SMILES string of the molecule is CCC(CCCNC(=O)CCCC(=O)OCC(OC(CO)CC(C)(C)C)OC(C)(C)C)C(=O)CCC(C)(C)S. The highest BCUT2D eigenvalue weighted by Crippen LogP contribution is 2.25. The van der Waals surface area contributed by atoms with Crippen molar-refractivity contribution in [2.45, 2.75) is 143 Å². The molecule has 0 heterocycles. The number of ketones is 1. The number of aliphatic hydroxyl groups excluding tert-OH is 1. The molecule has 0 spiro atoms. The van der Waals surface area contributed by atoms with Gasteiger partial charge in [0.15, 0.2) is 6.29 Å². The third kappa shape index (κ3) is 22.2. The van der Waals surface area contributed by atoms with Gasteiger partial charge in [-0.2, -0.15) is 12.6 Å². The van der Waals surface area contributed by atoms with Crippen LogP contribution in [0.2, 0.25) is 0 Å². The third-order valence-electron chi connectivity index (χ3n) is 6.02. The van der Waals surface area contributed by atoms with E-state index < -0.39 is 24.0 Å². The molecule has 0 saturated carbocycles. The lowest BCUT2D eigenvalue weighted by molar-refractivity contribution is -0.241. The van der Waals surface area contributed by atoms with Crippen LogP contribution in [0.3, 0.4) is 0 Å². The Hall–Kier alpha value is -1.16. The minimum Gasteiger partial charge on any atom is -0.460 e. The maximum atomic E-state index is 12.4. The van der Waals surface area contributed by atoms with Crippen molar-refractivity contribution in [3.8, 4) is 0 Å². The molecule has 8 nitrogen and oxygen atoms in total. The second-order valence-electron chi connectivity index (χ2n) is 13.3. The first kappa shape index (κ1) is 37.8. The fraction of sp³-hybridized carbons (Fsp3) is 0.900. The van der Waals surface area contributed by atoms with Gasteiger partial charge in [0.1, 0.15) is 12.4 Å². The first-order chi connectivity index (χ1) is 17.8. The molecule has 0 aromatic carbocycles. The van der Waals surface area contributed by atoms with Gasteiger partial charge in [0.05, 0.1) is 18.3 Å². The Morgan fingerprint density at radius 1 is 0.949 bits per heavy atom. The summed E-state index contributed by atoms with van der Waals surface area (Å²) >= 11 is 4.49. The van der Waals surface area contributed by atoms with E-state index in [1.165, 1.54) is 0 Å². The summed E-state index contributed by atoms with van der Waals surface area (Å²) in [6.07, 6.45) is 3.65. The summed E-state index contributed by atoms with van der Waals surface area (Å²) in [7, 11) is 0. The van der Waals surface area contributed by atoms with E-state index in [1.54, 1.807) is 0 Å². The van der Waals surface area contributed by atoms with Crippen LogP contribution in [0.25, 0.3) is 0 Å². The maximum Gasteiger partial charge on any atom is 0.305 e. The van der Waals surface area contributed by atoms with E-state index in [1.807, 2.05) is 41.5 Å². The molecule has 3 unspecified atom stereocenters. The predicted molar refractivity (Wildman–Crippen MR) is 159 cm³/mol. The third-order valence-corrected chi connectivity index (χ3v) is 6.24. The van der Waals surface area contributed by atoms with Crippen LogP contribution in [0.15, 0.2) is 0 Å². The average Bonchev–Trinajstić information content (AvgIpc) is 2.78. The molecule has 0 aromatic heterocycles. The fourth-order valence-electron chi connectivity index (χ4n) is 4.07. The summed E-state index contributed by atoms with van der Waals surface area (Å²) < 4.78 is 17.0. The number of Topliss-reactive ketones (excluding diaryl/α,β-unsaturated/α-hetero) is 1. The molecule has 0 aromatic rings. The Bertz CT molecular complexity index is 722. The Labute approximate surface area is 243 Å². The van der Waals surface area contributed by atoms with Crippen LogP contribution in [0.1, 0.15) is 120 Å². The van der Waals surface area contributed by atoms with Gasteiger partial charge in [0.25, 0.3) is 0 Å². The van der Waals surface area contributed by atoms with E-state index in [0.717, 1.165) is 25.7 Å². The van der Waals surface area contributed by atoms with Gasteiger partial charge in [-0.15, -0.1) is 0 Å². The average molecular weight is 576 g/mol. The van der Waals surface area contributed by atoms with Crippen LogP contribution < -0.4 is 5.32 Å². The largest absolute Gasteiger partial charge is 0.460 e. The van der Waals surface area contributed by atoms with Crippen molar-refractivity contribution < 1.29 is 33.7 Å². The molecule has 0 aliphatic heterocycles. The number of ether oxygens (including phenoxy) is 3. The molecule has 230 valence electrons. The molecule has 1 amide bonds. The smallest absolute Gasteiger partial charge is 0.305 e. The zero-order valence-electron chi connectivity index (χ0n) is 26.1. The molecule has 0 aliphatic carbocycles. The van der Waals surface area contributed by atoms with E-state index >= 15 is 0 Å². The number of nitrogens with one attached hydrogen (secondary N) is 1. The van der Waals surface area contributed by atoms with Crippen LogP contribution in [0, 0.1) is 11.3 Å². The molecule has 0 fully saturated rings. The number of rotatable bonds is 20. The van der Waals surface area contributed by atoms with Crippen molar-refractivity contribution in [3.63, 3.8) is 0 Å². The molecule has 2 N–H and O–H groups in total. The van der Waals surface area contributed by atoms with Crippen molar-refractivity contribution in [2.75, 3.05) is 19.8 Å². The molecular formula is C30H57NO7S. The zero-order chi connectivity index (χ0) is 30.3. The molecule has 0 aliphatic rings. The number of esters is 1. The molecule has 39 heavy (non-hydrogen) atoms. The monoisotopic (exact) mass is 575 g/mol. The van der Waals surface area contributed by atoms with Crippen molar-refractivity contribution in [3.05, 3.63) is 0 Å². The number of carbonyl (C=O) groups is 3. The van der Waals surface area contributed by atoms with Crippen molar-refractivity contribution >= 4 is 30.3 Å². The number of amides is 1. The highest BCUT2D eigenvalue weighted by atomic mass is 32.1. The number of hydrogen-bond donors (Lipinski definition) is 3. The number of aliphatic hydroxyl groups is 1. The maximum absolute atomic E-state index is 12.4. The van der Waals surface area contributed by atoms with E-state index in [-0.39, 0.29) is 53.8 Å². The van der Waals surface area contributed by atoms with Gasteiger partial charge in [-0.05, 0) is 64.7 Å². The highest BCUT2D eigenvalue weighted by Gasteiger charge is 2.27. The molecule has 9 heteroatoms. The lowest BCUT2D eigenvalue weighted by atomic mass is 9.89. The first-order valence-electron chi connectivity index (χ1n) is 14.5. The lowest BCUT2D eigenvalue weighted by Crippen LogP contribution is -2.38. The van der Waals surface area contributed by atoms with Crippen LogP contribution in [0.5, 0.6) is 0 Å². The van der Waals surface area contributed by atoms with Gasteiger partial charge >= 0.3 is 5.97 Å². The molecule has 0 rings (SSSR count). The van der Waals surface area contributed by atoms with E-state index in [2.05, 4.69) is 38.7 Å². The quantitative estimate of drug-likeness (QED) is 0.0746. The Kier molecular flexibility index (Phi) is 17.8. The number of thiol groups is 1. The molecule has 3 atom stereocenters. The standard InChI is InChI=1S/C30H57NO7S/c1-10-22(24(33)16-17-30(8,9)39)13-12-18-31-25(34)14-11-15-26(35)36-21-27(38-29(5,6)7)37-23(20-32)19-28(2,3)4/h22-23,27,32,39H,10-21H2,1-9H3,(H,31,34). The van der Waals surface area contributed by atoms with Gasteiger partial charge in [-0.1, -0.05) is 41.5 Å². The number of carbonyl (C=O) groups excluding carboxylic acids is 3. The summed E-state index contributed by atoms with van der Waals surface area (Å²) in [4.78, 5) is 36.9. The first-order valence-corrected chi connectivity index (χ1v) is 14.9. The minimum absolute atomic E-state index is 0.0172. The fourth-order valence-corrected chi connectivity index (χ4v) is 4.18. The summed E-state index contributed by atoms with van der Waals surface area (Å²) in [5.41, 5.74) is -0.569. The molecular weight excluding hydrogens is 518 g/mol. The Morgan fingerprint density at radius 2 is 1.59 bits per heavy atom. The number of hydrogen-bond acceptors (Lipinski definition) is 8. The summed E-state index contributed by atoms with van der Waals surface area (Å²) in [5, 5.41) is 12.6. The normalized spacial score (nSPS) is 14.9. The predicted octanol–water partition coefficient (Wildman–Crippen LogP) is 5.64. The van der Waals surface area contributed by atoms with Crippen molar-refractivity contribution in [1.82, 2.24) is 5.32 Å². The Balaban J connectivity index is 4.39. The summed E-state index contributed by atoms with van der Waals surface area (Å²) in [5.74, 6) is -0.266. The topological polar surface area (TPSA) is 111 Å². The van der Waals surface area contributed by atoms with Gasteiger partial charge in [-0.25, -0.2) is 0 Å². The van der Waals surface area contributed by atoms with E-state index in [0.29, 0.717) is 25.8 Å². The van der Waals surface area contributed by atoms with Crippen LogP contribution in [-0.2, 0) is 28.6 Å². The van der Waals surface area contributed by atoms with Gasteiger partial charge in [0.2, 0.25) is 5.91 Å². The molecule has 0 saturated heterocycles. The minimum atomic E-state index is -0.806. The van der Waals surface area contributed by atoms with Crippen LogP contribution >= 0.6 is 12.6 Å². The van der Waals surface area contributed by atoms with Crippen molar-refractivity contribution in [2.24, 2.45) is 11.3 Å². The second-order valence-corrected chi connectivity index (χ2v) is 14.5. The second kappa shape index (κ2) is 18.3. The van der Waals surface area contributed by atoms with E-state index in [4.69, 9.17) is 14.2 Å². The summed E-state index contributed by atoms with van der Waals surface area (Å²) in [6.45, 7) is 18.1. The van der Waals surface area contributed by atoms with Crippen LogP contribution in [0.4, 0.5) is 0 Å².